The summed E-state index contributed by atoms with van der Waals surface area (Å²) < 4.78 is 7.37. The van der Waals surface area contributed by atoms with E-state index in [1.165, 1.54) is 0 Å². The van der Waals surface area contributed by atoms with E-state index in [4.69, 9.17) is 4.74 Å². The zero-order valence-electron chi connectivity index (χ0n) is 11.5. The maximum atomic E-state index is 12.5. The van der Waals surface area contributed by atoms with Crippen molar-refractivity contribution in [3.63, 3.8) is 0 Å². The highest BCUT2D eigenvalue weighted by Gasteiger charge is 2.26. The molecule has 1 N–H and O–H groups in total. The molecule has 1 aliphatic rings. The Kier molecular flexibility index (Phi) is 3.56. The average molecular weight is 274 g/mol. The van der Waals surface area contributed by atoms with Crippen LogP contribution in [-0.2, 0) is 17.8 Å². The van der Waals surface area contributed by atoms with E-state index in [-0.39, 0.29) is 11.8 Å². The highest BCUT2D eigenvalue weighted by atomic mass is 16.5. The Balaban J connectivity index is 1.85. The van der Waals surface area contributed by atoms with Gasteiger partial charge in [0.2, 0.25) is 0 Å². The lowest BCUT2D eigenvalue weighted by molar-refractivity contribution is 0.0661. The maximum Gasteiger partial charge on any atom is 0.270 e. The van der Waals surface area contributed by atoms with Crippen LogP contribution < -0.4 is 0 Å². The minimum Gasteiger partial charge on any atom is -0.384 e. The fraction of sp³-hybridized carbons (Fsp3) is 0.429. The van der Waals surface area contributed by atoms with Gasteiger partial charge in [-0.2, -0.15) is 0 Å². The lowest BCUT2D eigenvalue weighted by atomic mass is 10.1. The largest absolute Gasteiger partial charge is 0.384 e. The van der Waals surface area contributed by atoms with Crippen LogP contribution in [-0.4, -0.2) is 45.6 Å². The molecule has 2 aromatic rings. The van der Waals surface area contributed by atoms with E-state index in [9.17, 15) is 4.79 Å². The Bertz CT molecular complexity index is 576. The molecule has 0 aromatic carbocycles. The molecule has 1 atom stereocenters. The highest BCUT2D eigenvalue weighted by molar-refractivity contribution is 5.92. The number of nitrogens with one attached hydrogen (secondary N) is 1. The summed E-state index contributed by atoms with van der Waals surface area (Å²) in [5, 5.41) is 0. The number of hydrogen-bond acceptors (Lipinski definition) is 3. The molecule has 3 rings (SSSR count). The summed E-state index contributed by atoms with van der Waals surface area (Å²) in [5.41, 5.74) is 0.612. The molecule has 6 heteroatoms. The van der Waals surface area contributed by atoms with Gasteiger partial charge in [0.1, 0.15) is 11.5 Å². The van der Waals surface area contributed by atoms with E-state index in [0.717, 1.165) is 12.4 Å². The summed E-state index contributed by atoms with van der Waals surface area (Å²) >= 11 is 0. The summed E-state index contributed by atoms with van der Waals surface area (Å²) in [6.07, 6.45) is 5.50. The van der Waals surface area contributed by atoms with Crippen LogP contribution >= 0.6 is 0 Å². The maximum absolute atomic E-state index is 12.5. The topological polar surface area (TPSA) is 63.1 Å². The molecule has 0 aliphatic carbocycles. The monoisotopic (exact) mass is 274 g/mol. The first-order valence-corrected chi connectivity index (χ1v) is 6.69. The molecule has 106 valence electrons. The van der Waals surface area contributed by atoms with Crippen molar-refractivity contribution < 1.29 is 9.53 Å². The molecule has 3 heterocycles. The third-order valence-corrected chi connectivity index (χ3v) is 3.59. The number of carbonyl (C=O) groups is 1. The quantitative estimate of drug-likeness (QED) is 0.912. The van der Waals surface area contributed by atoms with E-state index in [1.807, 2.05) is 17.2 Å². The summed E-state index contributed by atoms with van der Waals surface area (Å²) in [6.45, 7) is 2.67. The summed E-state index contributed by atoms with van der Waals surface area (Å²) in [4.78, 5) is 21.7. The molecule has 0 spiro atoms. The van der Waals surface area contributed by atoms with E-state index >= 15 is 0 Å². The van der Waals surface area contributed by atoms with Gasteiger partial charge in [-0.05, 0) is 12.1 Å². The fourth-order valence-electron chi connectivity index (χ4n) is 2.67. The molecule has 0 fully saturated rings. The first-order valence-electron chi connectivity index (χ1n) is 6.69. The van der Waals surface area contributed by atoms with Gasteiger partial charge >= 0.3 is 0 Å². The van der Waals surface area contributed by atoms with Crippen LogP contribution in [0, 0.1) is 5.92 Å². The molecular formula is C14H18N4O2. The van der Waals surface area contributed by atoms with E-state index in [2.05, 4.69) is 14.5 Å². The Labute approximate surface area is 117 Å². The number of amides is 1. The van der Waals surface area contributed by atoms with Gasteiger partial charge in [-0.1, -0.05) is 0 Å². The van der Waals surface area contributed by atoms with Crippen molar-refractivity contribution in [3.05, 3.63) is 42.2 Å². The summed E-state index contributed by atoms with van der Waals surface area (Å²) in [5.74, 6) is 1.20. The third-order valence-electron chi connectivity index (χ3n) is 3.59. The van der Waals surface area contributed by atoms with Gasteiger partial charge in [-0.3, -0.25) is 4.79 Å². The predicted octanol–water partition coefficient (Wildman–Crippen LogP) is 1.13. The van der Waals surface area contributed by atoms with Crippen molar-refractivity contribution in [2.45, 2.75) is 13.1 Å². The lowest BCUT2D eigenvalue weighted by Crippen LogP contribution is -2.35. The summed E-state index contributed by atoms with van der Waals surface area (Å²) in [6, 6.07) is 3.63. The molecule has 0 saturated carbocycles. The Morgan fingerprint density at radius 1 is 1.55 bits per heavy atom. The smallest absolute Gasteiger partial charge is 0.270 e. The molecule has 0 saturated heterocycles. The van der Waals surface area contributed by atoms with Crippen LogP contribution in [0.15, 0.2) is 30.7 Å². The highest BCUT2D eigenvalue weighted by Crippen LogP contribution is 2.17. The van der Waals surface area contributed by atoms with Crippen LogP contribution in [0.4, 0.5) is 0 Å². The van der Waals surface area contributed by atoms with Gasteiger partial charge in [0.25, 0.3) is 5.91 Å². The number of methoxy groups -OCH3 is 1. The van der Waals surface area contributed by atoms with E-state index < -0.39 is 0 Å². The van der Waals surface area contributed by atoms with Crippen molar-refractivity contribution in [1.82, 2.24) is 19.4 Å². The van der Waals surface area contributed by atoms with E-state index in [1.54, 1.807) is 25.6 Å². The van der Waals surface area contributed by atoms with Crippen molar-refractivity contribution in [3.8, 4) is 0 Å². The number of hydrogen-bond donors (Lipinski definition) is 1. The fourth-order valence-corrected chi connectivity index (χ4v) is 2.67. The molecule has 0 unspecified atom stereocenters. The van der Waals surface area contributed by atoms with Crippen LogP contribution in [0.5, 0.6) is 0 Å². The average Bonchev–Trinajstić information content (AvgIpc) is 3.07. The molecular weight excluding hydrogens is 256 g/mol. The Morgan fingerprint density at radius 2 is 2.45 bits per heavy atom. The number of H-pyrrole nitrogens is 1. The molecule has 20 heavy (non-hydrogen) atoms. The second kappa shape index (κ2) is 5.50. The molecule has 6 nitrogen and oxygen atoms in total. The number of ether oxygens (including phenoxy) is 1. The standard InChI is InChI=1S/C14H18N4O2/c1-20-10-11-7-17-6-5-16-13(17)9-18(8-11)14(19)12-3-2-4-15-12/h2-6,11,15H,7-10H2,1H3/t11-/m0/s1. The van der Waals surface area contributed by atoms with Gasteiger partial charge in [-0.25, -0.2) is 4.98 Å². The Hall–Kier alpha value is -2.08. The number of carbonyl (C=O) groups excluding carboxylic acids is 1. The van der Waals surface area contributed by atoms with Crippen molar-refractivity contribution in [2.24, 2.45) is 5.92 Å². The normalized spacial score (nSPS) is 18.6. The first-order chi connectivity index (χ1) is 9.78. The third kappa shape index (κ3) is 2.46. The number of rotatable bonds is 3. The molecule has 0 radical (unpaired) electrons. The second-order valence-electron chi connectivity index (χ2n) is 5.09. The first kappa shape index (κ1) is 12.9. The molecule has 1 aliphatic heterocycles. The number of fused-ring (bicyclic) bond motifs is 1. The molecule has 0 bridgehead atoms. The Morgan fingerprint density at radius 3 is 3.20 bits per heavy atom. The SMILES string of the molecule is COC[C@@H]1CN(C(=O)c2ccc[nH]2)Cc2nccn2C1. The van der Waals surface area contributed by atoms with Crippen LogP contribution in [0.2, 0.25) is 0 Å². The zero-order chi connectivity index (χ0) is 13.9. The van der Waals surface area contributed by atoms with Crippen LogP contribution in [0.3, 0.4) is 0 Å². The minimum atomic E-state index is 0.00699. The van der Waals surface area contributed by atoms with Gasteiger partial charge in [-0.15, -0.1) is 0 Å². The van der Waals surface area contributed by atoms with Gasteiger partial charge in [0.15, 0.2) is 0 Å². The molecule has 1 amide bonds. The van der Waals surface area contributed by atoms with Crippen molar-refractivity contribution >= 4 is 5.91 Å². The van der Waals surface area contributed by atoms with Gasteiger partial charge in [0.05, 0.1) is 13.2 Å². The van der Waals surface area contributed by atoms with E-state index in [0.29, 0.717) is 25.4 Å². The van der Waals surface area contributed by atoms with Gasteiger partial charge < -0.3 is 19.2 Å². The van der Waals surface area contributed by atoms with Crippen molar-refractivity contribution in [1.29, 1.82) is 0 Å². The van der Waals surface area contributed by atoms with Crippen LogP contribution in [0.1, 0.15) is 16.3 Å². The predicted molar refractivity (Wildman–Crippen MR) is 73.1 cm³/mol. The summed E-state index contributed by atoms with van der Waals surface area (Å²) in [7, 11) is 1.69. The second-order valence-corrected chi connectivity index (χ2v) is 5.09. The van der Waals surface area contributed by atoms with Crippen LogP contribution in [0.25, 0.3) is 0 Å². The zero-order valence-corrected chi connectivity index (χ0v) is 11.5. The number of aromatic amines is 1. The number of imidazole rings is 1. The van der Waals surface area contributed by atoms with Crippen molar-refractivity contribution in [2.75, 3.05) is 20.3 Å². The molecule has 2 aromatic heterocycles. The lowest BCUT2D eigenvalue weighted by Gasteiger charge is -2.23. The number of nitrogens with zero attached hydrogens (tertiary/aromatic N) is 3. The number of aromatic nitrogens is 3. The van der Waals surface area contributed by atoms with Gasteiger partial charge in [0, 0.05) is 44.7 Å². The minimum absolute atomic E-state index is 0.00699.